The lowest BCUT2D eigenvalue weighted by Crippen LogP contribution is -2.41. The van der Waals surface area contributed by atoms with Crippen LogP contribution in [0.5, 0.6) is 0 Å². The highest BCUT2D eigenvalue weighted by Crippen LogP contribution is 2.15. The number of imidazole rings is 1. The Hall–Kier alpha value is -1.92. The molecule has 0 aliphatic carbocycles. The maximum absolute atomic E-state index is 12.6. The third-order valence-corrected chi connectivity index (χ3v) is 4.22. The average molecular weight is 316 g/mol. The predicted octanol–water partition coefficient (Wildman–Crippen LogP) is 1.27. The zero-order chi connectivity index (χ0) is 16.2. The molecule has 6 heteroatoms. The second-order valence-corrected chi connectivity index (χ2v) is 5.90. The van der Waals surface area contributed by atoms with Gasteiger partial charge in [-0.15, -0.1) is 0 Å². The zero-order valence-corrected chi connectivity index (χ0v) is 13.8. The van der Waals surface area contributed by atoms with Gasteiger partial charge in [-0.05, 0) is 31.0 Å². The maximum atomic E-state index is 12.6. The molecule has 1 aliphatic heterocycles. The normalized spacial score (nSPS) is 15.9. The van der Waals surface area contributed by atoms with E-state index in [-0.39, 0.29) is 5.91 Å². The van der Waals surface area contributed by atoms with E-state index >= 15 is 0 Å². The summed E-state index contributed by atoms with van der Waals surface area (Å²) in [6, 6.07) is 4.00. The number of nitrogens with one attached hydrogen (secondary N) is 1. The number of nitrogens with zero attached hydrogens (tertiary/aromatic N) is 3. The van der Waals surface area contributed by atoms with Crippen LogP contribution in [0.2, 0.25) is 0 Å². The third-order valence-electron chi connectivity index (χ3n) is 4.22. The van der Waals surface area contributed by atoms with Crippen molar-refractivity contribution in [2.45, 2.75) is 20.3 Å². The first-order chi connectivity index (χ1) is 11.2. The molecule has 1 aliphatic rings. The van der Waals surface area contributed by atoms with E-state index in [0.717, 1.165) is 56.2 Å². The first-order valence-corrected chi connectivity index (χ1v) is 8.25. The molecule has 1 saturated heterocycles. The minimum atomic E-state index is -0.0496. The van der Waals surface area contributed by atoms with E-state index in [4.69, 9.17) is 4.74 Å². The Morgan fingerprint density at radius 1 is 1.39 bits per heavy atom. The van der Waals surface area contributed by atoms with Gasteiger partial charge in [0.15, 0.2) is 0 Å². The minimum absolute atomic E-state index is 0.0496. The molecule has 3 rings (SSSR count). The third kappa shape index (κ3) is 3.54. The monoisotopic (exact) mass is 316 g/mol. The summed E-state index contributed by atoms with van der Waals surface area (Å²) in [5.41, 5.74) is 3.48. The van der Waals surface area contributed by atoms with Gasteiger partial charge in [0.25, 0.3) is 5.91 Å². The number of hydrogen-bond acceptors (Lipinski definition) is 4. The van der Waals surface area contributed by atoms with Gasteiger partial charge in [-0.2, -0.15) is 0 Å². The molecule has 23 heavy (non-hydrogen) atoms. The zero-order valence-electron chi connectivity index (χ0n) is 13.8. The number of aryl methyl sites for hydroxylation is 2. The van der Waals surface area contributed by atoms with E-state index in [1.807, 2.05) is 36.6 Å². The number of carbonyl (C=O) groups is 1. The molecule has 0 aromatic carbocycles. The number of pyridine rings is 1. The Labute approximate surface area is 136 Å². The quantitative estimate of drug-likeness (QED) is 0.902. The van der Waals surface area contributed by atoms with Crippen molar-refractivity contribution >= 4 is 11.6 Å². The van der Waals surface area contributed by atoms with Gasteiger partial charge in [0.1, 0.15) is 11.3 Å². The number of aromatic nitrogens is 2. The SMILES string of the molecule is CCc1nc2cc(C)ccn2c1C(=O)NCCN1CCOCC1. The Morgan fingerprint density at radius 2 is 2.17 bits per heavy atom. The number of fused-ring (bicyclic) bond motifs is 1. The van der Waals surface area contributed by atoms with Crippen molar-refractivity contribution in [2.75, 3.05) is 39.4 Å². The number of carbonyl (C=O) groups excluding carboxylic acids is 1. The molecule has 2 aromatic rings. The Kier molecular flexibility index (Phi) is 4.93. The molecule has 124 valence electrons. The van der Waals surface area contributed by atoms with Gasteiger partial charge < -0.3 is 10.1 Å². The van der Waals surface area contributed by atoms with E-state index in [1.165, 1.54) is 0 Å². The first kappa shape index (κ1) is 16.0. The standard InChI is InChI=1S/C17H24N4O2/c1-3-14-16(21-6-4-13(2)12-15(21)19-14)17(22)18-5-7-20-8-10-23-11-9-20/h4,6,12H,3,5,7-11H2,1-2H3,(H,18,22). The van der Waals surface area contributed by atoms with Crippen LogP contribution in [0.3, 0.4) is 0 Å². The topological polar surface area (TPSA) is 58.9 Å². The van der Waals surface area contributed by atoms with Crippen molar-refractivity contribution in [1.82, 2.24) is 19.6 Å². The lowest BCUT2D eigenvalue weighted by molar-refractivity contribution is 0.0383. The highest BCUT2D eigenvalue weighted by molar-refractivity contribution is 5.94. The number of morpholine rings is 1. The average Bonchev–Trinajstić information content (AvgIpc) is 2.93. The molecule has 0 unspecified atom stereocenters. The Morgan fingerprint density at radius 3 is 2.91 bits per heavy atom. The lowest BCUT2D eigenvalue weighted by Gasteiger charge is -2.26. The van der Waals surface area contributed by atoms with E-state index in [9.17, 15) is 4.79 Å². The van der Waals surface area contributed by atoms with Gasteiger partial charge in [0.05, 0.1) is 18.9 Å². The molecule has 0 radical (unpaired) electrons. The second kappa shape index (κ2) is 7.10. The molecule has 0 spiro atoms. The van der Waals surface area contributed by atoms with E-state index < -0.39 is 0 Å². The molecule has 0 saturated carbocycles. The van der Waals surface area contributed by atoms with Crippen LogP contribution >= 0.6 is 0 Å². The van der Waals surface area contributed by atoms with Gasteiger partial charge in [-0.1, -0.05) is 6.92 Å². The lowest BCUT2D eigenvalue weighted by atomic mass is 10.2. The van der Waals surface area contributed by atoms with Crippen LogP contribution in [0.4, 0.5) is 0 Å². The smallest absolute Gasteiger partial charge is 0.270 e. The van der Waals surface area contributed by atoms with Crippen LogP contribution in [-0.4, -0.2) is 59.6 Å². The molecule has 2 aromatic heterocycles. The van der Waals surface area contributed by atoms with Crippen LogP contribution in [0, 0.1) is 6.92 Å². The number of ether oxygens (including phenoxy) is 1. The molecule has 0 bridgehead atoms. The van der Waals surface area contributed by atoms with Gasteiger partial charge in [0.2, 0.25) is 0 Å². The van der Waals surface area contributed by atoms with Gasteiger partial charge in [-0.3, -0.25) is 14.1 Å². The highest BCUT2D eigenvalue weighted by Gasteiger charge is 2.18. The molecule has 3 heterocycles. The molecule has 0 atom stereocenters. The summed E-state index contributed by atoms with van der Waals surface area (Å²) in [6.07, 6.45) is 2.67. The predicted molar refractivity (Wildman–Crippen MR) is 88.9 cm³/mol. The fraction of sp³-hybridized carbons (Fsp3) is 0.529. The summed E-state index contributed by atoms with van der Waals surface area (Å²) in [5.74, 6) is -0.0496. The second-order valence-electron chi connectivity index (χ2n) is 5.90. The van der Waals surface area contributed by atoms with Crippen molar-refractivity contribution in [1.29, 1.82) is 0 Å². The molecule has 1 amide bonds. The molecule has 1 fully saturated rings. The number of hydrogen-bond donors (Lipinski definition) is 1. The van der Waals surface area contributed by atoms with Crippen LogP contribution < -0.4 is 5.32 Å². The summed E-state index contributed by atoms with van der Waals surface area (Å²) in [7, 11) is 0. The largest absolute Gasteiger partial charge is 0.379 e. The minimum Gasteiger partial charge on any atom is -0.379 e. The first-order valence-electron chi connectivity index (χ1n) is 8.25. The summed E-state index contributed by atoms with van der Waals surface area (Å²) in [5, 5.41) is 3.03. The van der Waals surface area contributed by atoms with Crippen molar-refractivity contribution in [2.24, 2.45) is 0 Å². The Balaban J connectivity index is 1.69. The molecule has 6 nitrogen and oxygen atoms in total. The van der Waals surface area contributed by atoms with E-state index in [2.05, 4.69) is 15.2 Å². The van der Waals surface area contributed by atoms with Crippen molar-refractivity contribution in [3.05, 3.63) is 35.3 Å². The molecule has 1 N–H and O–H groups in total. The summed E-state index contributed by atoms with van der Waals surface area (Å²) in [4.78, 5) is 19.5. The van der Waals surface area contributed by atoms with Gasteiger partial charge in [-0.25, -0.2) is 4.98 Å². The summed E-state index contributed by atoms with van der Waals surface area (Å²) < 4.78 is 7.22. The van der Waals surface area contributed by atoms with E-state index in [0.29, 0.717) is 12.2 Å². The van der Waals surface area contributed by atoms with Crippen molar-refractivity contribution in [3.63, 3.8) is 0 Å². The van der Waals surface area contributed by atoms with Crippen LogP contribution in [0.15, 0.2) is 18.3 Å². The molecular formula is C17H24N4O2. The van der Waals surface area contributed by atoms with Crippen molar-refractivity contribution < 1.29 is 9.53 Å². The van der Waals surface area contributed by atoms with Gasteiger partial charge in [0, 0.05) is 32.4 Å². The van der Waals surface area contributed by atoms with Crippen LogP contribution in [0.1, 0.15) is 28.7 Å². The summed E-state index contributed by atoms with van der Waals surface area (Å²) >= 11 is 0. The number of amides is 1. The fourth-order valence-corrected chi connectivity index (χ4v) is 2.92. The van der Waals surface area contributed by atoms with Crippen molar-refractivity contribution in [3.8, 4) is 0 Å². The highest BCUT2D eigenvalue weighted by atomic mass is 16.5. The molecular weight excluding hydrogens is 292 g/mol. The fourth-order valence-electron chi connectivity index (χ4n) is 2.92. The number of rotatable bonds is 5. The van der Waals surface area contributed by atoms with E-state index in [1.54, 1.807) is 0 Å². The van der Waals surface area contributed by atoms with Gasteiger partial charge >= 0.3 is 0 Å². The Bertz CT molecular complexity index is 689. The van der Waals surface area contributed by atoms with Crippen LogP contribution in [-0.2, 0) is 11.2 Å². The van der Waals surface area contributed by atoms with Crippen LogP contribution in [0.25, 0.3) is 5.65 Å². The maximum Gasteiger partial charge on any atom is 0.270 e. The summed E-state index contributed by atoms with van der Waals surface area (Å²) in [6.45, 7) is 8.98.